The maximum absolute atomic E-state index is 12.7. The molecule has 7 heteroatoms. The predicted molar refractivity (Wildman–Crippen MR) is 122 cm³/mol. The zero-order chi connectivity index (χ0) is 18.4. The van der Waals surface area contributed by atoms with E-state index < -0.39 is 0 Å². The van der Waals surface area contributed by atoms with Gasteiger partial charge in [0.05, 0.1) is 0 Å². The van der Waals surface area contributed by atoms with E-state index in [0.29, 0.717) is 17.9 Å². The van der Waals surface area contributed by atoms with Crippen molar-refractivity contribution < 1.29 is 4.79 Å². The van der Waals surface area contributed by atoms with Crippen LogP contribution in [0.2, 0.25) is 0 Å². The molecule has 156 valence electrons. The van der Waals surface area contributed by atoms with Gasteiger partial charge in [-0.1, -0.05) is 19.3 Å². The van der Waals surface area contributed by atoms with E-state index in [1.165, 1.54) is 38.6 Å². The van der Waals surface area contributed by atoms with E-state index >= 15 is 0 Å². The van der Waals surface area contributed by atoms with Gasteiger partial charge in [0.2, 0.25) is 5.91 Å². The largest absolute Gasteiger partial charge is 0.356 e. The highest BCUT2D eigenvalue weighted by Crippen LogP contribution is 2.26. The summed E-state index contributed by atoms with van der Waals surface area (Å²) in [6.07, 6.45) is 9.52. The second-order valence-corrected chi connectivity index (χ2v) is 8.47. The van der Waals surface area contributed by atoms with Crippen LogP contribution in [0.15, 0.2) is 4.99 Å². The molecule has 2 heterocycles. The third kappa shape index (κ3) is 6.76. The molecule has 27 heavy (non-hydrogen) atoms. The molecule has 2 aliphatic heterocycles. The SMILES string of the molecule is CN=C(NCC1CCCN(C)C1)NC1CCN(C(=O)C2CCCCC2)C1.I. The number of nitrogens with one attached hydrogen (secondary N) is 2. The van der Waals surface area contributed by atoms with Crippen LogP contribution in [0.3, 0.4) is 0 Å². The zero-order valence-corrected chi connectivity index (χ0v) is 19.4. The Bertz CT molecular complexity index is 495. The molecule has 1 amide bonds. The smallest absolute Gasteiger partial charge is 0.225 e. The number of halogens is 1. The molecule has 3 aliphatic rings. The highest BCUT2D eigenvalue weighted by atomic mass is 127. The van der Waals surface area contributed by atoms with E-state index in [9.17, 15) is 4.79 Å². The van der Waals surface area contributed by atoms with E-state index in [1.807, 2.05) is 7.05 Å². The van der Waals surface area contributed by atoms with E-state index in [2.05, 4.69) is 32.5 Å². The number of carbonyl (C=O) groups is 1. The predicted octanol–water partition coefficient (Wildman–Crippen LogP) is 2.29. The first-order valence-corrected chi connectivity index (χ1v) is 10.6. The van der Waals surface area contributed by atoms with Crippen LogP contribution in [0.1, 0.15) is 51.4 Å². The number of amides is 1. The van der Waals surface area contributed by atoms with E-state index in [0.717, 1.165) is 51.4 Å². The fourth-order valence-electron chi connectivity index (χ4n) is 4.75. The minimum Gasteiger partial charge on any atom is -0.356 e. The topological polar surface area (TPSA) is 60.0 Å². The minimum atomic E-state index is 0. The van der Waals surface area contributed by atoms with Crippen molar-refractivity contribution in [2.24, 2.45) is 16.8 Å². The number of aliphatic imine (C=N–C) groups is 1. The summed E-state index contributed by atoms with van der Waals surface area (Å²) in [6, 6.07) is 0.322. The molecular weight excluding hydrogens is 453 g/mol. The van der Waals surface area contributed by atoms with Crippen LogP contribution in [0.5, 0.6) is 0 Å². The molecule has 6 nitrogen and oxygen atoms in total. The fraction of sp³-hybridized carbons (Fsp3) is 0.900. The number of nitrogens with zero attached hydrogens (tertiary/aromatic N) is 3. The third-order valence-electron chi connectivity index (χ3n) is 6.30. The Balaban J connectivity index is 0.00000261. The number of rotatable bonds is 4. The summed E-state index contributed by atoms with van der Waals surface area (Å²) in [6.45, 7) is 5.06. The summed E-state index contributed by atoms with van der Waals surface area (Å²) < 4.78 is 0. The molecule has 0 aromatic heterocycles. The molecule has 0 radical (unpaired) electrons. The van der Waals surface area contributed by atoms with Crippen molar-refractivity contribution >= 4 is 35.8 Å². The molecule has 0 aromatic carbocycles. The quantitative estimate of drug-likeness (QED) is 0.360. The second kappa shape index (κ2) is 11.4. The lowest BCUT2D eigenvalue weighted by atomic mass is 9.88. The van der Waals surface area contributed by atoms with Crippen molar-refractivity contribution in [3.8, 4) is 0 Å². The molecular formula is C20H38IN5O. The molecule has 0 spiro atoms. The fourth-order valence-corrected chi connectivity index (χ4v) is 4.75. The van der Waals surface area contributed by atoms with Crippen molar-refractivity contribution in [2.75, 3.05) is 46.8 Å². The average Bonchev–Trinajstić information content (AvgIpc) is 3.14. The summed E-state index contributed by atoms with van der Waals surface area (Å²) >= 11 is 0. The number of hydrogen-bond acceptors (Lipinski definition) is 3. The Morgan fingerprint density at radius 3 is 2.52 bits per heavy atom. The Kier molecular flexibility index (Phi) is 9.62. The first-order valence-electron chi connectivity index (χ1n) is 10.6. The molecule has 2 saturated heterocycles. The van der Waals surface area contributed by atoms with Crippen LogP contribution in [-0.4, -0.2) is 74.5 Å². The van der Waals surface area contributed by atoms with Gasteiger partial charge in [0.15, 0.2) is 5.96 Å². The summed E-state index contributed by atoms with van der Waals surface area (Å²) in [4.78, 5) is 21.6. The third-order valence-corrected chi connectivity index (χ3v) is 6.30. The molecule has 1 aliphatic carbocycles. The summed E-state index contributed by atoms with van der Waals surface area (Å²) in [5.41, 5.74) is 0. The van der Waals surface area contributed by atoms with Crippen LogP contribution in [0.4, 0.5) is 0 Å². The second-order valence-electron chi connectivity index (χ2n) is 8.47. The van der Waals surface area contributed by atoms with Crippen molar-refractivity contribution in [1.82, 2.24) is 20.4 Å². The van der Waals surface area contributed by atoms with E-state index in [-0.39, 0.29) is 29.9 Å². The Morgan fingerprint density at radius 1 is 1.04 bits per heavy atom. The minimum absolute atomic E-state index is 0. The number of piperidine rings is 1. The number of carbonyl (C=O) groups excluding carboxylic acids is 1. The van der Waals surface area contributed by atoms with Crippen molar-refractivity contribution in [1.29, 1.82) is 0 Å². The van der Waals surface area contributed by atoms with Crippen LogP contribution in [-0.2, 0) is 4.79 Å². The Labute approximate surface area is 181 Å². The number of hydrogen-bond donors (Lipinski definition) is 2. The molecule has 1 saturated carbocycles. The molecule has 0 bridgehead atoms. The van der Waals surface area contributed by atoms with Gasteiger partial charge in [-0.25, -0.2) is 0 Å². The van der Waals surface area contributed by atoms with E-state index in [4.69, 9.17) is 0 Å². The van der Waals surface area contributed by atoms with E-state index in [1.54, 1.807) is 0 Å². The van der Waals surface area contributed by atoms with Crippen LogP contribution in [0.25, 0.3) is 0 Å². The Hall–Kier alpha value is -0.570. The zero-order valence-electron chi connectivity index (χ0n) is 17.1. The molecule has 2 atom stereocenters. The van der Waals surface area contributed by atoms with Crippen molar-refractivity contribution in [2.45, 2.75) is 57.4 Å². The number of likely N-dealkylation sites (tertiary alicyclic amines) is 2. The van der Waals surface area contributed by atoms with Gasteiger partial charge in [0.25, 0.3) is 0 Å². The van der Waals surface area contributed by atoms with Crippen LogP contribution < -0.4 is 10.6 Å². The normalized spacial score (nSPS) is 27.9. The average molecular weight is 491 g/mol. The van der Waals surface area contributed by atoms with Crippen LogP contribution >= 0.6 is 24.0 Å². The first-order chi connectivity index (χ1) is 12.7. The summed E-state index contributed by atoms with van der Waals surface area (Å²) in [5, 5.41) is 7.04. The first kappa shape index (κ1) is 22.7. The highest BCUT2D eigenvalue weighted by Gasteiger charge is 2.31. The maximum Gasteiger partial charge on any atom is 0.225 e. The maximum atomic E-state index is 12.7. The highest BCUT2D eigenvalue weighted by molar-refractivity contribution is 14.0. The lowest BCUT2D eigenvalue weighted by Crippen LogP contribution is -2.48. The van der Waals surface area contributed by atoms with Crippen molar-refractivity contribution in [3.63, 3.8) is 0 Å². The molecule has 0 aromatic rings. The standard InChI is InChI=1S/C20H37N5O.HI/c1-21-20(22-13-16-7-6-11-24(2)14-16)23-18-10-12-25(15-18)19(26)17-8-4-3-5-9-17;/h16-18H,3-15H2,1-2H3,(H2,21,22,23);1H. The van der Waals surface area contributed by atoms with Gasteiger partial charge in [-0.15, -0.1) is 24.0 Å². The van der Waals surface area contributed by atoms with Crippen molar-refractivity contribution in [3.05, 3.63) is 0 Å². The van der Waals surface area contributed by atoms with Gasteiger partial charge in [0.1, 0.15) is 0 Å². The molecule has 3 fully saturated rings. The summed E-state index contributed by atoms with van der Waals surface area (Å²) in [7, 11) is 4.04. The van der Waals surface area contributed by atoms with Gasteiger partial charge in [0, 0.05) is 45.2 Å². The van der Waals surface area contributed by atoms with Gasteiger partial charge in [-0.05, 0) is 51.6 Å². The van der Waals surface area contributed by atoms with Crippen LogP contribution in [0, 0.1) is 11.8 Å². The Morgan fingerprint density at radius 2 is 1.81 bits per heavy atom. The lowest BCUT2D eigenvalue weighted by Gasteiger charge is -2.30. The van der Waals surface area contributed by atoms with Gasteiger partial charge < -0.3 is 20.4 Å². The molecule has 2 N–H and O–H groups in total. The molecule has 3 rings (SSSR count). The van der Waals surface area contributed by atoms with Gasteiger partial charge in [-0.2, -0.15) is 0 Å². The van der Waals surface area contributed by atoms with Gasteiger partial charge >= 0.3 is 0 Å². The van der Waals surface area contributed by atoms with Gasteiger partial charge in [-0.3, -0.25) is 9.79 Å². The lowest BCUT2D eigenvalue weighted by molar-refractivity contribution is -0.135. The number of guanidine groups is 1. The summed E-state index contributed by atoms with van der Waals surface area (Å²) in [5.74, 6) is 2.25. The monoisotopic (exact) mass is 491 g/mol. The molecule has 2 unspecified atom stereocenters.